The minimum atomic E-state index is -4.78. The Kier molecular flexibility index (Phi) is 3.75. The number of alkyl halides is 3. The van der Waals surface area contributed by atoms with E-state index in [-0.39, 0.29) is 18.2 Å². The van der Waals surface area contributed by atoms with Crippen molar-refractivity contribution in [1.29, 1.82) is 5.26 Å². The van der Waals surface area contributed by atoms with Crippen LogP contribution in [0.3, 0.4) is 0 Å². The Bertz CT molecular complexity index is 941. The predicted octanol–water partition coefficient (Wildman–Crippen LogP) is 2.35. The molecule has 9 heteroatoms. The fourth-order valence-corrected chi connectivity index (χ4v) is 5.00. The van der Waals surface area contributed by atoms with Gasteiger partial charge in [-0.15, -0.1) is 0 Å². The number of benzene rings is 1. The third kappa shape index (κ3) is 2.41. The van der Waals surface area contributed by atoms with Gasteiger partial charge in [-0.05, 0) is 44.9 Å². The highest BCUT2D eigenvalue weighted by Gasteiger charge is 2.67. The molecule has 148 valence electrons. The second-order valence-corrected chi connectivity index (χ2v) is 8.18. The fraction of sp³-hybridized carbons (Fsp3) is 0.526. The fourth-order valence-electron chi connectivity index (χ4n) is 5.00. The zero-order valence-electron chi connectivity index (χ0n) is 15.2. The summed E-state index contributed by atoms with van der Waals surface area (Å²) in [7, 11) is 0. The number of ether oxygens (including phenoxy) is 1. The molecule has 3 aliphatic heterocycles. The number of carbonyl (C=O) groups is 2. The Balaban J connectivity index is 1.78. The molecule has 3 fully saturated rings. The van der Waals surface area contributed by atoms with E-state index in [9.17, 15) is 22.8 Å². The van der Waals surface area contributed by atoms with Gasteiger partial charge >= 0.3 is 6.18 Å². The van der Waals surface area contributed by atoms with Crippen LogP contribution in [0, 0.1) is 23.2 Å². The number of imide groups is 1. The number of rotatable bonds is 1. The smallest absolute Gasteiger partial charge is 0.367 e. The van der Waals surface area contributed by atoms with Crippen molar-refractivity contribution in [3.05, 3.63) is 29.3 Å². The van der Waals surface area contributed by atoms with Crippen LogP contribution in [-0.2, 0) is 20.5 Å². The van der Waals surface area contributed by atoms with E-state index in [1.54, 1.807) is 13.8 Å². The van der Waals surface area contributed by atoms with E-state index in [0.717, 1.165) is 11.0 Å². The molecule has 2 N–H and O–H groups in total. The van der Waals surface area contributed by atoms with Gasteiger partial charge in [-0.3, -0.25) is 9.59 Å². The van der Waals surface area contributed by atoms with Crippen molar-refractivity contribution in [2.24, 2.45) is 17.6 Å². The maximum absolute atomic E-state index is 13.3. The summed E-state index contributed by atoms with van der Waals surface area (Å²) in [5, 5.41) is 8.94. The van der Waals surface area contributed by atoms with E-state index in [1.165, 1.54) is 12.1 Å². The summed E-state index contributed by atoms with van der Waals surface area (Å²) in [4.78, 5) is 26.9. The van der Waals surface area contributed by atoms with Crippen molar-refractivity contribution < 1.29 is 27.5 Å². The van der Waals surface area contributed by atoms with Crippen molar-refractivity contribution in [1.82, 2.24) is 0 Å². The number of amides is 2. The minimum Gasteiger partial charge on any atom is -0.367 e. The van der Waals surface area contributed by atoms with Crippen molar-refractivity contribution >= 4 is 17.5 Å². The Morgan fingerprint density at radius 2 is 1.89 bits per heavy atom. The number of anilines is 1. The first-order chi connectivity index (χ1) is 12.9. The van der Waals surface area contributed by atoms with Crippen LogP contribution in [0.5, 0.6) is 0 Å². The van der Waals surface area contributed by atoms with Gasteiger partial charge in [0.15, 0.2) is 0 Å². The molecule has 0 aliphatic carbocycles. The Labute approximate surface area is 159 Å². The summed E-state index contributed by atoms with van der Waals surface area (Å²) in [6.07, 6.45) is -4.16. The molecule has 1 aromatic carbocycles. The van der Waals surface area contributed by atoms with Crippen molar-refractivity contribution in [2.75, 3.05) is 4.90 Å². The van der Waals surface area contributed by atoms with Crippen LogP contribution in [0.4, 0.5) is 18.9 Å². The standard InChI is InChI=1S/C19H18F3N3O3/c1-17-6-11-14(18(2,28-17)7-13(17)24)16(27)25(15(11)26)10-4-3-9(8-23)12(5-10)19(20,21)22/h3-5,11,13-14H,6-7,24H2,1-2H3/t11-,13+,14+,17+,18+/m1/s1. The van der Waals surface area contributed by atoms with Crippen LogP contribution in [0.1, 0.15) is 37.8 Å². The van der Waals surface area contributed by atoms with E-state index < -0.39 is 52.2 Å². The average Bonchev–Trinajstić information content (AvgIpc) is 2.94. The number of hydrogen-bond donors (Lipinski definition) is 1. The summed E-state index contributed by atoms with van der Waals surface area (Å²) in [5.74, 6) is -2.64. The van der Waals surface area contributed by atoms with Crippen LogP contribution < -0.4 is 10.6 Å². The quantitative estimate of drug-likeness (QED) is 0.739. The van der Waals surface area contributed by atoms with Crippen LogP contribution >= 0.6 is 0 Å². The van der Waals surface area contributed by atoms with Crippen LogP contribution in [-0.4, -0.2) is 29.1 Å². The number of carbonyl (C=O) groups excluding carboxylic acids is 2. The predicted molar refractivity (Wildman–Crippen MR) is 90.7 cm³/mol. The molecular weight excluding hydrogens is 375 g/mol. The second kappa shape index (κ2) is 5.55. The molecule has 6 nitrogen and oxygen atoms in total. The molecule has 28 heavy (non-hydrogen) atoms. The van der Waals surface area contributed by atoms with Gasteiger partial charge in [0, 0.05) is 6.04 Å². The molecule has 0 unspecified atom stereocenters. The Morgan fingerprint density at radius 3 is 2.50 bits per heavy atom. The number of fused-ring (bicyclic) bond motifs is 4. The van der Waals surface area contributed by atoms with Gasteiger partial charge in [-0.2, -0.15) is 18.4 Å². The number of nitrogens with zero attached hydrogens (tertiary/aromatic N) is 2. The summed E-state index contributed by atoms with van der Waals surface area (Å²) in [5.41, 5.74) is 2.52. The minimum absolute atomic E-state index is 0.190. The first kappa shape index (κ1) is 18.9. The highest BCUT2D eigenvalue weighted by Crippen LogP contribution is 2.56. The number of nitrogens with two attached hydrogens (primary N) is 1. The normalized spacial score (nSPS) is 37.2. The largest absolute Gasteiger partial charge is 0.417 e. The molecule has 0 spiro atoms. The molecule has 0 radical (unpaired) electrons. The topological polar surface area (TPSA) is 96.4 Å². The van der Waals surface area contributed by atoms with Gasteiger partial charge in [-0.1, -0.05) is 0 Å². The maximum Gasteiger partial charge on any atom is 0.417 e. The van der Waals surface area contributed by atoms with Gasteiger partial charge in [0.05, 0.1) is 45.9 Å². The second-order valence-electron chi connectivity index (χ2n) is 8.18. The average molecular weight is 393 g/mol. The zero-order chi connectivity index (χ0) is 20.6. The van der Waals surface area contributed by atoms with E-state index in [2.05, 4.69) is 0 Å². The van der Waals surface area contributed by atoms with Gasteiger partial charge in [-0.25, -0.2) is 4.90 Å². The van der Waals surface area contributed by atoms with Gasteiger partial charge < -0.3 is 10.5 Å². The first-order valence-electron chi connectivity index (χ1n) is 8.86. The monoisotopic (exact) mass is 393 g/mol. The number of halogens is 3. The van der Waals surface area contributed by atoms with E-state index in [4.69, 9.17) is 15.7 Å². The van der Waals surface area contributed by atoms with Gasteiger partial charge in [0.2, 0.25) is 11.8 Å². The molecular formula is C19H18F3N3O3. The third-order valence-electron chi connectivity index (χ3n) is 6.27. The Morgan fingerprint density at radius 1 is 1.21 bits per heavy atom. The maximum atomic E-state index is 13.3. The van der Waals surface area contributed by atoms with Crippen LogP contribution in [0.15, 0.2) is 18.2 Å². The summed E-state index contributed by atoms with van der Waals surface area (Å²) >= 11 is 0. The van der Waals surface area contributed by atoms with E-state index in [0.29, 0.717) is 12.5 Å². The molecule has 2 bridgehead atoms. The lowest BCUT2D eigenvalue weighted by Gasteiger charge is -2.42. The number of nitriles is 1. The first-order valence-corrected chi connectivity index (χ1v) is 8.86. The van der Waals surface area contributed by atoms with Gasteiger partial charge in [0.1, 0.15) is 0 Å². The summed E-state index contributed by atoms with van der Waals surface area (Å²) < 4.78 is 46.0. The summed E-state index contributed by atoms with van der Waals surface area (Å²) in [6, 6.07) is 4.00. The summed E-state index contributed by atoms with van der Waals surface area (Å²) in [6.45, 7) is 3.52. The van der Waals surface area contributed by atoms with E-state index in [1.807, 2.05) is 0 Å². The Hall–Kier alpha value is -2.44. The SMILES string of the molecule is C[C@]12C[C@H](N)[C@](C)(C[C@H]3C(=O)N(c4ccc(C#N)c(C(F)(F)F)c4)C(=O)[C@H]31)O2. The molecule has 3 aliphatic rings. The lowest BCUT2D eigenvalue weighted by Crippen LogP contribution is -2.51. The molecule has 3 heterocycles. The third-order valence-corrected chi connectivity index (χ3v) is 6.27. The zero-order valence-corrected chi connectivity index (χ0v) is 15.2. The molecule has 5 atom stereocenters. The lowest BCUT2D eigenvalue weighted by atomic mass is 9.76. The molecule has 4 rings (SSSR count). The van der Waals surface area contributed by atoms with Crippen LogP contribution in [0.25, 0.3) is 0 Å². The van der Waals surface area contributed by atoms with Crippen molar-refractivity contribution in [3.63, 3.8) is 0 Å². The molecule has 1 aromatic rings. The number of hydrogen-bond acceptors (Lipinski definition) is 5. The van der Waals surface area contributed by atoms with Crippen molar-refractivity contribution in [2.45, 2.75) is 50.1 Å². The van der Waals surface area contributed by atoms with E-state index >= 15 is 0 Å². The highest BCUT2D eigenvalue weighted by atomic mass is 19.4. The van der Waals surface area contributed by atoms with Crippen LogP contribution in [0.2, 0.25) is 0 Å². The molecule has 2 amide bonds. The van der Waals surface area contributed by atoms with Crippen molar-refractivity contribution in [3.8, 4) is 6.07 Å². The molecule has 3 saturated heterocycles. The molecule has 0 saturated carbocycles. The lowest BCUT2D eigenvalue weighted by molar-refractivity contribution is -0.176. The molecule has 0 aromatic heterocycles. The highest BCUT2D eigenvalue weighted by molar-refractivity contribution is 6.22. The van der Waals surface area contributed by atoms with Gasteiger partial charge in [0.25, 0.3) is 0 Å².